The lowest BCUT2D eigenvalue weighted by atomic mass is 9.78. The molecule has 2 N–H and O–H groups in total. The number of carbonyl (C=O) groups is 1. The van der Waals surface area contributed by atoms with Crippen LogP contribution in [0.5, 0.6) is 17.2 Å². The summed E-state index contributed by atoms with van der Waals surface area (Å²) in [6.45, 7) is 5.29. The summed E-state index contributed by atoms with van der Waals surface area (Å²) in [7, 11) is 1.64. The first-order valence-corrected chi connectivity index (χ1v) is 13.0. The number of ketones is 1. The molecule has 0 amide bonds. The summed E-state index contributed by atoms with van der Waals surface area (Å²) in [5, 5.41) is 7.24. The smallest absolute Gasteiger partial charge is 0.163 e. The lowest BCUT2D eigenvalue weighted by Crippen LogP contribution is -2.26. The number of ether oxygens (including phenoxy) is 3. The molecule has 6 heteroatoms. The molecule has 2 aliphatic rings. The minimum Gasteiger partial charge on any atom is -0.494 e. The third-order valence-corrected chi connectivity index (χ3v) is 6.95. The monoisotopic (exact) mass is 498 g/mol. The highest BCUT2D eigenvalue weighted by atomic mass is 16.5. The number of nitrogens with one attached hydrogen (secondary N) is 2. The molecule has 0 aromatic heterocycles. The highest BCUT2D eigenvalue weighted by Crippen LogP contribution is 2.45. The van der Waals surface area contributed by atoms with E-state index in [1.165, 1.54) is 0 Å². The Morgan fingerprint density at radius 3 is 2.35 bits per heavy atom. The first-order chi connectivity index (χ1) is 18.1. The standard InChI is InChI=1S/C31H34N2O4/c1-4-16-37-23-13-10-20(11-14-23)22-17-26-30(27(34)18-22)31(33-25-9-7-6-8-24(25)32-26)21-12-15-28(36-5-2)29(19-21)35-3/h6-15,19,22,31-33H,4-5,16-18H2,1-3H3. The molecule has 2 unspecified atom stereocenters. The third-order valence-electron chi connectivity index (χ3n) is 6.95. The van der Waals surface area contributed by atoms with E-state index < -0.39 is 0 Å². The summed E-state index contributed by atoms with van der Waals surface area (Å²) in [6.07, 6.45) is 2.17. The van der Waals surface area contributed by atoms with Crippen molar-refractivity contribution < 1.29 is 19.0 Å². The number of methoxy groups -OCH3 is 1. The molecule has 0 radical (unpaired) electrons. The van der Waals surface area contributed by atoms with Crippen molar-refractivity contribution in [3.05, 3.63) is 89.1 Å². The second-order valence-electron chi connectivity index (χ2n) is 9.43. The maximum atomic E-state index is 13.8. The van der Waals surface area contributed by atoms with Gasteiger partial charge in [-0.3, -0.25) is 4.79 Å². The highest BCUT2D eigenvalue weighted by molar-refractivity contribution is 6.01. The van der Waals surface area contributed by atoms with Gasteiger partial charge in [-0.1, -0.05) is 37.3 Å². The van der Waals surface area contributed by atoms with E-state index in [-0.39, 0.29) is 17.7 Å². The maximum absolute atomic E-state index is 13.8. The molecule has 192 valence electrons. The number of Topliss-reactive ketones (excluding diaryl/α,β-unsaturated/α-hetero) is 1. The number of para-hydroxylation sites is 2. The largest absolute Gasteiger partial charge is 0.494 e. The van der Waals surface area contributed by atoms with E-state index in [2.05, 4.69) is 29.7 Å². The Kier molecular flexibility index (Phi) is 7.35. The Labute approximate surface area is 218 Å². The van der Waals surface area contributed by atoms with Gasteiger partial charge in [0.1, 0.15) is 5.75 Å². The Hall–Kier alpha value is -3.93. The molecular formula is C31H34N2O4. The van der Waals surface area contributed by atoms with Crippen LogP contribution in [0.2, 0.25) is 0 Å². The number of allylic oxidation sites excluding steroid dienone is 1. The second-order valence-corrected chi connectivity index (χ2v) is 9.43. The van der Waals surface area contributed by atoms with Crippen LogP contribution in [-0.2, 0) is 4.79 Å². The molecule has 1 aliphatic heterocycles. The van der Waals surface area contributed by atoms with Gasteiger partial charge in [0.05, 0.1) is 37.7 Å². The van der Waals surface area contributed by atoms with Crippen LogP contribution in [0.4, 0.5) is 11.4 Å². The fourth-order valence-corrected chi connectivity index (χ4v) is 5.17. The Balaban J connectivity index is 1.52. The molecule has 3 aromatic carbocycles. The topological polar surface area (TPSA) is 68.8 Å². The average molecular weight is 499 g/mol. The van der Waals surface area contributed by atoms with E-state index in [0.29, 0.717) is 31.1 Å². The number of rotatable bonds is 8. The molecular weight excluding hydrogens is 464 g/mol. The third kappa shape index (κ3) is 5.15. The first kappa shape index (κ1) is 24.8. The van der Waals surface area contributed by atoms with E-state index >= 15 is 0 Å². The average Bonchev–Trinajstić information content (AvgIpc) is 3.09. The van der Waals surface area contributed by atoms with Gasteiger partial charge in [-0.05, 0) is 73.2 Å². The minimum atomic E-state index is -0.311. The summed E-state index contributed by atoms with van der Waals surface area (Å²) in [5.74, 6) is 2.45. The quantitative estimate of drug-likeness (QED) is 0.354. The summed E-state index contributed by atoms with van der Waals surface area (Å²) >= 11 is 0. The van der Waals surface area contributed by atoms with Crippen molar-refractivity contribution in [2.24, 2.45) is 0 Å². The van der Waals surface area contributed by atoms with E-state index in [9.17, 15) is 4.79 Å². The lowest BCUT2D eigenvalue weighted by Gasteiger charge is -2.30. The lowest BCUT2D eigenvalue weighted by molar-refractivity contribution is -0.116. The summed E-state index contributed by atoms with van der Waals surface area (Å²) in [6, 6.07) is 21.9. The predicted octanol–water partition coefficient (Wildman–Crippen LogP) is 6.86. The van der Waals surface area contributed by atoms with Crippen LogP contribution in [0.25, 0.3) is 0 Å². The molecule has 0 spiro atoms. The maximum Gasteiger partial charge on any atom is 0.163 e. The molecule has 0 fully saturated rings. The number of anilines is 2. The SMILES string of the molecule is CCCOc1ccc(C2CC(=O)C3=C(C2)Nc2ccccc2NC3c2ccc(OCC)c(OC)c2)cc1. The second kappa shape index (κ2) is 11.0. The molecule has 0 saturated heterocycles. The van der Waals surface area contributed by atoms with Crippen molar-refractivity contribution in [1.82, 2.24) is 0 Å². The Bertz CT molecular complexity index is 1300. The van der Waals surface area contributed by atoms with E-state index in [1.54, 1.807) is 7.11 Å². The van der Waals surface area contributed by atoms with Crippen LogP contribution >= 0.6 is 0 Å². The highest BCUT2D eigenvalue weighted by Gasteiger charge is 2.36. The number of benzene rings is 3. The van der Waals surface area contributed by atoms with Crippen molar-refractivity contribution in [3.8, 4) is 17.2 Å². The van der Waals surface area contributed by atoms with Gasteiger partial charge in [-0.25, -0.2) is 0 Å². The van der Waals surface area contributed by atoms with E-state index in [0.717, 1.165) is 52.4 Å². The fourth-order valence-electron chi connectivity index (χ4n) is 5.17. The van der Waals surface area contributed by atoms with E-state index in [4.69, 9.17) is 14.2 Å². The molecule has 37 heavy (non-hydrogen) atoms. The van der Waals surface area contributed by atoms with Crippen molar-refractivity contribution in [3.63, 3.8) is 0 Å². The van der Waals surface area contributed by atoms with Gasteiger partial charge in [0.25, 0.3) is 0 Å². The fraction of sp³-hybridized carbons (Fsp3) is 0.323. The number of carbonyl (C=O) groups excluding carboxylic acids is 1. The summed E-state index contributed by atoms with van der Waals surface area (Å²) < 4.78 is 17.1. The number of hydrogen-bond acceptors (Lipinski definition) is 6. The van der Waals surface area contributed by atoms with Gasteiger partial charge in [-0.15, -0.1) is 0 Å². The van der Waals surface area contributed by atoms with Gasteiger partial charge >= 0.3 is 0 Å². The zero-order valence-corrected chi connectivity index (χ0v) is 21.7. The van der Waals surface area contributed by atoms with Crippen LogP contribution in [-0.4, -0.2) is 26.1 Å². The first-order valence-electron chi connectivity index (χ1n) is 13.0. The number of fused-ring (bicyclic) bond motifs is 1. The molecule has 2 atom stereocenters. The minimum absolute atomic E-state index is 0.0970. The van der Waals surface area contributed by atoms with Gasteiger partial charge < -0.3 is 24.8 Å². The normalized spacial score (nSPS) is 18.6. The van der Waals surface area contributed by atoms with Gasteiger partial charge in [0.2, 0.25) is 0 Å². The predicted molar refractivity (Wildman–Crippen MR) is 147 cm³/mol. The molecule has 0 saturated carbocycles. The van der Waals surface area contributed by atoms with Gasteiger partial charge in [-0.2, -0.15) is 0 Å². The molecule has 1 heterocycles. The van der Waals surface area contributed by atoms with Crippen molar-refractivity contribution in [2.45, 2.75) is 45.1 Å². The van der Waals surface area contributed by atoms with Crippen LogP contribution in [0, 0.1) is 0 Å². The molecule has 1 aliphatic carbocycles. The van der Waals surface area contributed by atoms with Gasteiger partial charge in [0.15, 0.2) is 17.3 Å². The molecule has 3 aromatic rings. The zero-order valence-electron chi connectivity index (χ0n) is 21.7. The van der Waals surface area contributed by atoms with Crippen molar-refractivity contribution in [2.75, 3.05) is 31.0 Å². The van der Waals surface area contributed by atoms with Crippen molar-refractivity contribution >= 4 is 17.2 Å². The molecule has 6 nitrogen and oxygen atoms in total. The van der Waals surface area contributed by atoms with Crippen molar-refractivity contribution in [1.29, 1.82) is 0 Å². The molecule has 5 rings (SSSR count). The Morgan fingerprint density at radius 2 is 1.62 bits per heavy atom. The Morgan fingerprint density at radius 1 is 0.865 bits per heavy atom. The molecule has 0 bridgehead atoms. The summed E-state index contributed by atoms with van der Waals surface area (Å²) in [5.41, 5.74) is 5.76. The van der Waals surface area contributed by atoms with Crippen LogP contribution in [0.15, 0.2) is 78.0 Å². The van der Waals surface area contributed by atoms with Crippen LogP contribution in [0.3, 0.4) is 0 Å². The van der Waals surface area contributed by atoms with Crippen LogP contribution in [0.1, 0.15) is 56.2 Å². The van der Waals surface area contributed by atoms with Gasteiger partial charge in [0, 0.05) is 17.7 Å². The van der Waals surface area contributed by atoms with E-state index in [1.807, 2.05) is 61.5 Å². The zero-order chi connectivity index (χ0) is 25.8. The summed E-state index contributed by atoms with van der Waals surface area (Å²) in [4.78, 5) is 13.8. The van der Waals surface area contributed by atoms with Crippen LogP contribution < -0.4 is 24.8 Å². The number of hydrogen-bond donors (Lipinski definition) is 2.